The topological polar surface area (TPSA) is 38.9 Å². The molecule has 1 aliphatic rings. The molecule has 0 saturated heterocycles. The number of hydrogen-bond acceptors (Lipinski definition) is 3. The molecule has 0 radical (unpaired) electrons. The first-order valence-corrected chi connectivity index (χ1v) is 7.17. The van der Waals surface area contributed by atoms with Gasteiger partial charge in [0, 0.05) is 28.1 Å². The molecule has 0 aliphatic heterocycles. The van der Waals surface area contributed by atoms with Gasteiger partial charge in [-0.15, -0.1) is 11.3 Å². The molecule has 1 aromatic heterocycles. The van der Waals surface area contributed by atoms with E-state index in [-0.39, 0.29) is 5.82 Å². The Morgan fingerprint density at radius 3 is 2.80 bits per heavy atom. The van der Waals surface area contributed by atoms with Gasteiger partial charge in [-0.1, -0.05) is 12.1 Å². The summed E-state index contributed by atoms with van der Waals surface area (Å²) in [6, 6.07) is 12.6. The van der Waals surface area contributed by atoms with Gasteiger partial charge in [0.2, 0.25) is 0 Å². The Hall–Kier alpha value is -2.20. The number of fused-ring (bicyclic) bond motifs is 3. The van der Waals surface area contributed by atoms with Crippen molar-refractivity contribution in [2.75, 3.05) is 5.73 Å². The van der Waals surface area contributed by atoms with E-state index in [0.717, 1.165) is 39.5 Å². The van der Waals surface area contributed by atoms with Crippen LogP contribution in [0.2, 0.25) is 0 Å². The van der Waals surface area contributed by atoms with Gasteiger partial charge in [0.25, 0.3) is 0 Å². The number of thiazole rings is 1. The molecule has 98 valence electrons. The molecule has 0 bridgehead atoms. The quantitative estimate of drug-likeness (QED) is 0.534. The summed E-state index contributed by atoms with van der Waals surface area (Å²) >= 11 is 1.64. The summed E-state index contributed by atoms with van der Waals surface area (Å²) in [4.78, 5) is 5.89. The van der Waals surface area contributed by atoms with E-state index in [1.807, 2.05) is 30.3 Å². The third-order valence-electron chi connectivity index (χ3n) is 3.56. The molecule has 0 saturated carbocycles. The third-order valence-corrected chi connectivity index (χ3v) is 4.65. The first-order valence-electron chi connectivity index (χ1n) is 6.36. The van der Waals surface area contributed by atoms with Gasteiger partial charge in [-0.05, 0) is 35.9 Å². The van der Waals surface area contributed by atoms with E-state index in [1.54, 1.807) is 17.4 Å². The lowest BCUT2D eigenvalue weighted by atomic mass is 10.1. The normalized spacial score (nSPS) is 12.2. The second kappa shape index (κ2) is 4.15. The first-order chi connectivity index (χ1) is 9.72. The number of halogens is 1. The summed E-state index contributed by atoms with van der Waals surface area (Å²) in [6.07, 6.45) is 0.757. The Balaban J connectivity index is 1.85. The van der Waals surface area contributed by atoms with Crippen LogP contribution >= 0.6 is 11.3 Å². The van der Waals surface area contributed by atoms with Gasteiger partial charge in [0.15, 0.2) is 0 Å². The molecule has 2 N–H and O–H groups in total. The van der Waals surface area contributed by atoms with Gasteiger partial charge in [0.05, 0.1) is 5.69 Å². The van der Waals surface area contributed by atoms with E-state index >= 15 is 0 Å². The number of anilines is 1. The van der Waals surface area contributed by atoms with Crippen molar-refractivity contribution in [2.24, 2.45) is 0 Å². The van der Waals surface area contributed by atoms with Crippen LogP contribution in [0.1, 0.15) is 10.4 Å². The van der Waals surface area contributed by atoms with Crippen LogP contribution in [0.15, 0.2) is 42.5 Å². The molecule has 2 nitrogen and oxygen atoms in total. The lowest BCUT2D eigenvalue weighted by Gasteiger charge is -2.02. The zero-order chi connectivity index (χ0) is 13.7. The largest absolute Gasteiger partial charge is 0.398 e. The van der Waals surface area contributed by atoms with Crippen molar-refractivity contribution in [3.63, 3.8) is 0 Å². The number of para-hydroxylation sites is 1. The Morgan fingerprint density at radius 1 is 1.10 bits per heavy atom. The third kappa shape index (κ3) is 1.65. The molecule has 0 unspecified atom stereocenters. The maximum Gasteiger partial charge on any atom is 0.126 e. The molecule has 1 heterocycles. The van der Waals surface area contributed by atoms with Crippen LogP contribution < -0.4 is 5.73 Å². The Morgan fingerprint density at radius 2 is 1.95 bits per heavy atom. The van der Waals surface area contributed by atoms with Crippen LogP contribution in [0, 0.1) is 5.82 Å². The van der Waals surface area contributed by atoms with Crippen molar-refractivity contribution in [1.29, 1.82) is 0 Å². The molecule has 0 fully saturated rings. The van der Waals surface area contributed by atoms with Crippen molar-refractivity contribution in [2.45, 2.75) is 6.42 Å². The number of nitrogen functional groups attached to an aromatic ring is 1. The lowest BCUT2D eigenvalue weighted by Crippen LogP contribution is -1.89. The summed E-state index contributed by atoms with van der Waals surface area (Å²) in [5, 5.41) is 0.933. The molecule has 4 rings (SSSR count). The van der Waals surface area contributed by atoms with Gasteiger partial charge >= 0.3 is 0 Å². The Labute approximate surface area is 119 Å². The fraction of sp³-hybridized carbons (Fsp3) is 0.0625. The van der Waals surface area contributed by atoms with Crippen molar-refractivity contribution in [3.05, 3.63) is 58.7 Å². The molecule has 0 amide bonds. The highest BCUT2D eigenvalue weighted by molar-refractivity contribution is 7.15. The highest BCUT2D eigenvalue weighted by Crippen LogP contribution is 2.43. The van der Waals surface area contributed by atoms with E-state index < -0.39 is 0 Å². The molecular formula is C16H11FN2S. The maximum absolute atomic E-state index is 13.3. The molecule has 0 spiro atoms. The molecule has 4 heteroatoms. The number of rotatable bonds is 1. The fourth-order valence-electron chi connectivity index (χ4n) is 2.60. The zero-order valence-electron chi connectivity index (χ0n) is 10.6. The van der Waals surface area contributed by atoms with Crippen LogP contribution in [0.25, 0.3) is 21.8 Å². The minimum atomic E-state index is -0.188. The van der Waals surface area contributed by atoms with Crippen LogP contribution in [0.5, 0.6) is 0 Å². The zero-order valence-corrected chi connectivity index (χ0v) is 11.4. The first kappa shape index (κ1) is 11.6. The number of aromatic nitrogens is 1. The van der Waals surface area contributed by atoms with Gasteiger partial charge in [-0.2, -0.15) is 0 Å². The van der Waals surface area contributed by atoms with E-state index in [2.05, 4.69) is 0 Å². The standard InChI is InChI=1S/C16H11FN2S/c17-10-5-6-11-9(7-10)8-14-15(11)19-16(20-14)12-3-1-2-4-13(12)18/h1-7H,8,18H2. The number of hydrogen-bond donors (Lipinski definition) is 1. The monoisotopic (exact) mass is 282 g/mol. The molecule has 3 aromatic rings. The highest BCUT2D eigenvalue weighted by atomic mass is 32.1. The smallest absolute Gasteiger partial charge is 0.126 e. The van der Waals surface area contributed by atoms with Crippen LogP contribution in [-0.2, 0) is 6.42 Å². The maximum atomic E-state index is 13.3. The second-order valence-electron chi connectivity index (χ2n) is 4.86. The van der Waals surface area contributed by atoms with Crippen molar-refractivity contribution >= 4 is 17.0 Å². The van der Waals surface area contributed by atoms with E-state index in [1.165, 1.54) is 10.9 Å². The predicted octanol–water partition coefficient (Wildman–Crippen LogP) is 4.10. The summed E-state index contributed by atoms with van der Waals surface area (Å²) in [6.45, 7) is 0. The Bertz CT molecular complexity index is 823. The second-order valence-corrected chi connectivity index (χ2v) is 5.94. The van der Waals surface area contributed by atoms with Crippen molar-refractivity contribution in [3.8, 4) is 21.8 Å². The van der Waals surface area contributed by atoms with Crippen LogP contribution in [0.4, 0.5) is 10.1 Å². The summed E-state index contributed by atoms with van der Waals surface area (Å²) < 4.78 is 13.3. The minimum absolute atomic E-state index is 0.188. The van der Waals surface area contributed by atoms with Gasteiger partial charge in [-0.3, -0.25) is 0 Å². The number of nitrogens with two attached hydrogens (primary N) is 1. The SMILES string of the molecule is Nc1ccccc1-c1nc2c(s1)Cc1cc(F)ccc1-2. The molecule has 0 atom stereocenters. The van der Waals surface area contributed by atoms with Gasteiger partial charge in [0.1, 0.15) is 10.8 Å². The average Bonchev–Trinajstić information content (AvgIpc) is 2.96. The van der Waals surface area contributed by atoms with Gasteiger partial charge in [-0.25, -0.2) is 9.37 Å². The van der Waals surface area contributed by atoms with Crippen molar-refractivity contribution < 1.29 is 4.39 Å². The van der Waals surface area contributed by atoms with Gasteiger partial charge < -0.3 is 5.73 Å². The van der Waals surface area contributed by atoms with Crippen molar-refractivity contribution in [1.82, 2.24) is 4.98 Å². The summed E-state index contributed by atoms with van der Waals surface area (Å²) in [7, 11) is 0. The number of benzene rings is 2. The molecule has 2 aromatic carbocycles. The minimum Gasteiger partial charge on any atom is -0.398 e. The summed E-state index contributed by atoms with van der Waals surface area (Å²) in [5.41, 5.74) is 10.7. The van der Waals surface area contributed by atoms with E-state index in [9.17, 15) is 4.39 Å². The lowest BCUT2D eigenvalue weighted by molar-refractivity contribution is 0.626. The number of nitrogens with zero attached hydrogens (tertiary/aromatic N) is 1. The highest BCUT2D eigenvalue weighted by Gasteiger charge is 2.24. The molecule has 20 heavy (non-hydrogen) atoms. The predicted molar refractivity (Wildman–Crippen MR) is 80.2 cm³/mol. The average molecular weight is 282 g/mol. The Kier molecular flexibility index (Phi) is 2.41. The van der Waals surface area contributed by atoms with Crippen LogP contribution in [0.3, 0.4) is 0 Å². The fourth-order valence-corrected chi connectivity index (χ4v) is 3.75. The van der Waals surface area contributed by atoms with E-state index in [4.69, 9.17) is 10.7 Å². The van der Waals surface area contributed by atoms with E-state index in [0.29, 0.717) is 0 Å². The molecular weight excluding hydrogens is 271 g/mol. The van der Waals surface area contributed by atoms with Crippen LogP contribution in [-0.4, -0.2) is 4.98 Å². The summed E-state index contributed by atoms with van der Waals surface area (Å²) in [5.74, 6) is -0.188. The molecule has 1 aliphatic carbocycles.